The number of pyridine rings is 1. The summed E-state index contributed by atoms with van der Waals surface area (Å²) < 4.78 is 0. The Kier molecular flexibility index (Phi) is 13.2. The predicted molar refractivity (Wildman–Crippen MR) is 135 cm³/mol. The number of unbranched alkanes of at least 4 members (excludes halogenated alkanes) is 1. The van der Waals surface area contributed by atoms with Gasteiger partial charge in [0.15, 0.2) is 0 Å². The number of hydrogen-bond acceptors (Lipinski definition) is 7. The van der Waals surface area contributed by atoms with Crippen molar-refractivity contribution in [3.8, 4) is 6.07 Å². The van der Waals surface area contributed by atoms with Crippen LogP contribution in [0.15, 0.2) is 34.6 Å². The van der Waals surface area contributed by atoms with Crippen LogP contribution < -0.4 is 21.5 Å². The lowest BCUT2D eigenvalue weighted by atomic mass is 9.75. The first kappa shape index (κ1) is 30.6. The number of aromatic amines is 1. The molecule has 1 heterocycles. The van der Waals surface area contributed by atoms with Crippen LogP contribution in [0, 0.1) is 23.2 Å². The number of rotatable bonds is 14. The quantitative estimate of drug-likeness (QED) is 0.0923. The van der Waals surface area contributed by atoms with Gasteiger partial charge in [-0.3, -0.25) is 19.2 Å². The van der Waals surface area contributed by atoms with Crippen LogP contribution in [0.4, 0.5) is 0 Å². The van der Waals surface area contributed by atoms with E-state index in [1.807, 2.05) is 33.8 Å². The molecule has 1 rings (SSSR count). The topological polar surface area (TPSA) is 184 Å². The van der Waals surface area contributed by atoms with Crippen molar-refractivity contribution in [2.75, 3.05) is 6.54 Å². The Bertz CT molecular complexity index is 1010. The van der Waals surface area contributed by atoms with Crippen molar-refractivity contribution in [3.63, 3.8) is 0 Å². The third kappa shape index (κ3) is 11.3. The lowest BCUT2D eigenvalue weighted by Crippen LogP contribution is -2.54. The van der Waals surface area contributed by atoms with Gasteiger partial charge < -0.3 is 31.0 Å². The summed E-state index contributed by atoms with van der Waals surface area (Å²) >= 11 is 0. The standard InChI is InChI=1S/C24H36BN5O6/c1-15(2)12-17(14-26)22(32)27-11-6-5-8-19(24(34)30-20(25(35)36)13-16(3)4)29-23(33)18-9-7-10-21(31)28-18/h7,9-10,12,15-16,19-20,35-36H,5-6,8,11,13H2,1-4H3,(H,27,32)(H,28,31)(H,29,33)(H,30,34)/t19-,20-/m0/s1. The number of aromatic nitrogens is 1. The zero-order valence-corrected chi connectivity index (χ0v) is 21.2. The highest BCUT2D eigenvalue weighted by Gasteiger charge is 2.30. The average molecular weight is 501 g/mol. The molecule has 0 aliphatic carbocycles. The molecule has 0 fully saturated rings. The molecule has 11 nitrogen and oxygen atoms in total. The first-order valence-corrected chi connectivity index (χ1v) is 12.0. The van der Waals surface area contributed by atoms with Crippen LogP contribution in [-0.4, -0.2) is 58.4 Å². The van der Waals surface area contributed by atoms with Crippen LogP contribution in [-0.2, 0) is 9.59 Å². The van der Waals surface area contributed by atoms with Crippen molar-refractivity contribution in [1.82, 2.24) is 20.9 Å². The molecular formula is C24H36BN5O6. The molecule has 0 bridgehead atoms. The average Bonchev–Trinajstić information content (AvgIpc) is 2.80. The van der Waals surface area contributed by atoms with E-state index in [0.29, 0.717) is 19.3 Å². The number of nitriles is 1. The first-order chi connectivity index (χ1) is 16.9. The number of carbonyl (C=O) groups is 3. The SMILES string of the molecule is CC(C)C=C(C#N)C(=O)NCCCC[C@H](NC(=O)c1cccc(=O)[nH]1)C(=O)N[C@@H](CC(C)C)B(O)O. The van der Waals surface area contributed by atoms with Crippen LogP contribution in [0.2, 0.25) is 0 Å². The Labute approximate surface area is 211 Å². The highest BCUT2D eigenvalue weighted by atomic mass is 16.4. The number of nitrogens with one attached hydrogen (secondary N) is 4. The van der Waals surface area contributed by atoms with Gasteiger partial charge in [0.25, 0.3) is 11.8 Å². The summed E-state index contributed by atoms with van der Waals surface area (Å²) in [7, 11) is -1.78. The molecule has 36 heavy (non-hydrogen) atoms. The van der Waals surface area contributed by atoms with Gasteiger partial charge >= 0.3 is 7.12 Å². The Balaban J connectivity index is 2.83. The molecule has 0 aromatic carbocycles. The normalized spacial score (nSPS) is 13.0. The smallest absolute Gasteiger partial charge is 0.426 e. The zero-order valence-electron chi connectivity index (χ0n) is 21.2. The number of H-pyrrole nitrogens is 1. The van der Waals surface area contributed by atoms with Crippen LogP contribution in [0.3, 0.4) is 0 Å². The second kappa shape index (κ2) is 15.5. The molecule has 6 N–H and O–H groups in total. The Morgan fingerprint density at radius 3 is 2.39 bits per heavy atom. The van der Waals surface area contributed by atoms with Gasteiger partial charge in [0.2, 0.25) is 11.5 Å². The second-order valence-corrected chi connectivity index (χ2v) is 9.30. The van der Waals surface area contributed by atoms with E-state index in [9.17, 15) is 29.2 Å². The minimum absolute atomic E-state index is 0.0190. The molecule has 12 heteroatoms. The van der Waals surface area contributed by atoms with Gasteiger partial charge in [-0.2, -0.15) is 5.26 Å². The van der Waals surface area contributed by atoms with E-state index in [1.54, 1.807) is 6.08 Å². The van der Waals surface area contributed by atoms with E-state index in [4.69, 9.17) is 5.26 Å². The fourth-order valence-corrected chi connectivity index (χ4v) is 3.40. The molecule has 0 unspecified atom stereocenters. The van der Waals surface area contributed by atoms with Crippen molar-refractivity contribution >= 4 is 24.8 Å². The van der Waals surface area contributed by atoms with E-state index in [0.717, 1.165) is 0 Å². The highest BCUT2D eigenvalue weighted by molar-refractivity contribution is 6.43. The number of hydrogen-bond donors (Lipinski definition) is 6. The number of nitrogens with zero attached hydrogens (tertiary/aromatic N) is 1. The molecular weight excluding hydrogens is 465 g/mol. The van der Waals surface area contributed by atoms with E-state index in [2.05, 4.69) is 20.9 Å². The van der Waals surface area contributed by atoms with Gasteiger partial charge in [-0.25, -0.2) is 0 Å². The van der Waals surface area contributed by atoms with E-state index in [-0.39, 0.29) is 36.1 Å². The molecule has 0 aliphatic heterocycles. The molecule has 196 valence electrons. The molecule has 1 aromatic rings. The third-order valence-electron chi connectivity index (χ3n) is 5.12. The molecule has 0 saturated heterocycles. The minimum atomic E-state index is -1.78. The van der Waals surface area contributed by atoms with Crippen molar-refractivity contribution in [2.24, 2.45) is 11.8 Å². The number of carbonyl (C=O) groups excluding carboxylic acids is 3. The summed E-state index contributed by atoms with van der Waals surface area (Å²) in [6.45, 7) is 7.72. The van der Waals surface area contributed by atoms with E-state index >= 15 is 0 Å². The van der Waals surface area contributed by atoms with Gasteiger partial charge in [-0.15, -0.1) is 0 Å². The lowest BCUT2D eigenvalue weighted by molar-refractivity contribution is -0.123. The van der Waals surface area contributed by atoms with Crippen LogP contribution in [0.25, 0.3) is 0 Å². The van der Waals surface area contributed by atoms with E-state index in [1.165, 1.54) is 18.2 Å². The molecule has 0 spiro atoms. The zero-order chi connectivity index (χ0) is 27.3. The summed E-state index contributed by atoms with van der Waals surface area (Å²) in [4.78, 5) is 51.6. The largest absolute Gasteiger partial charge is 0.475 e. The van der Waals surface area contributed by atoms with Crippen LogP contribution in [0.1, 0.15) is 63.9 Å². The molecule has 0 radical (unpaired) electrons. The van der Waals surface area contributed by atoms with Crippen LogP contribution >= 0.6 is 0 Å². The lowest BCUT2D eigenvalue weighted by Gasteiger charge is -2.24. The maximum absolute atomic E-state index is 12.9. The van der Waals surface area contributed by atoms with Gasteiger partial charge in [-0.1, -0.05) is 39.8 Å². The van der Waals surface area contributed by atoms with Gasteiger partial charge in [0.1, 0.15) is 23.4 Å². The summed E-state index contributed by atoms with van der Waals surface area (Å²) in [5.74, 6) is -2.55. The Morgan fingerprint density at radius 2 is 1.83 bits per heavy atom. The number of allylic oxidation sites excluding steroid dienone is 1. The monoisotopic (exact) mass is 501 g/mol. The maximum Gasteiger partial charge on any atom is 0.475 e. The fraction of sp³-hybridized carbons (Fsp3) is 0.542. The van der Waals surface area contributed by atoms with Crippen molar-refractivity contribution in [2.45, 2.75) is 65.4 Å². The molecule has 2 atom stereocenters. The molecule has 1 aromatic heterocycles. The predicted octanol–water partition coefficient (Wildman–Crippen LogP) is 0.409. The summed E-state index contributed by atoms with van der Waals surface area (Å²) in [6.07, 6.45) is 2.96. The summed E-state index contributed by atoms with van der Waals surface area (Å²) in [5, 5.41) is 36.2. The Morgan fingerprint density at radius 1 is 1.14 bits per heavy atom. The van der Waals surface area contributed by atoms with Crippen LogP contribution in [0.5, 0.6) is 0 Å². The molecule has 0 saturated carbocycles. The van der Waals surface area contributed by atoms with E-state index < -0.39 is 42.4 Å². The van der Waals surface area contributed by atoms with Gasteiger partial charge in [0.05, 0.1) is 5.94 Å². The first-order valence-electron chi connectivity index (χ1n) is 12.0. The van der Waals surface area contributed by atoms with Crippen molar-refractivity contribution < 1.29 is 24.4 Å². The Hall–Kier alpha value is -3.43. The maximum atomic E-state index is 12.9. The minimum Gasteiger partial charge on any atom is -0.426 e. The number of amides is 3. The highest BCUT2D eigenvalue weighted by Crippen LogP contribution is 2.09. The van der Waals surface area contributed by atoms with Gasteiger partial charge in [0, 0.05) is 12.6 Å². The van der Waals surface area contributed by atoms with Crippen molar-refractivity contribution in [3.05, 3.63) is 45.9 Å². The summed E-state index contributed by atoms with van der Waals surface area (Å²) in [5.41, 5.74) is -0.456. The molecule has 3 amide bonds. The fourth-order valence-electron chi connectivity index (χ4n) is 3.40. The van der Waals surface area contributed by atoms with Crippen molar-refractivity contribution in [1.29, 1.82) is 5.26 Å². The third-order valence-corrected chi connectivity index (χ3v) is 5.12. The van der Waals surface area contributed by atoms with Gasteiger partial charge in [-0.05, 0) is 43.6 Å². The summed E-state index contributed by atoms with van der Waals surface area (Å²) in [6, 6.07) is 4.91. The molecule has 0 aliphatic rings. The second-order valence-electron chi connectivity index (χ2n) is 9.30.